The summed E-state index contributed by atoms with van der Waals surface area (Å²) in [4.78, 5) is 0.272. The molecule has 1 aromatic carbocycles. The summed E-state index contributed by atoms with van der Waals surface area (Å²) in [7, 11) is -3.19. The van der Waals surface area contributed by atoms with Crippen LogP contribution in [0.5, 0.6) is 0 Å². The van der Waals surface area contributed by atoms with Crippen molar-refractivity contribution < 1.29 is 8.42 Å². The van der Waals surface area contributed by atoms with Gasteiger partial charge >= 0.3 is 0 Å². The Morgan fingerprint density at radius 2 is 2.00 bits per heavy atom. The van der Waals surface area contributed by atoms with E-state index < -0.39 is 9.84 Å². The molecule has 1 rings (SSSR count). The molecular weight excluding hydrogens is 216 g/mol. The number of rotatable bonds is 1. The Hall–Kier alpha value is -0.920. The van der Waals surface area contributed by atoms with Crippen LogP contribution in [0.3, 0.4) is 0 Å². The minimum absolute atomic E-state index is 0.272. The van der Waals surface area contributed by atoms with Crippen LogP contribution in [0.1, 0.15) is 5.56 Å². The van der Waals surface area contributed by atoms with Crippen LogP contribution < -0.4 is 0 Å². The van der Waals surface area contributed by atoms with Crippen molar-refractivity contribution in [1.29, 1.82) is 0 Å². The van der Waals surface area contributed by atoms with E-state index in [9.17, 15) is 8.42 Å². The van der Waals surface area contributed by atoms with Crippen molar-refractivity contribution >= 4 is 22.5 Å². The lowest BCUT2D eigenvalue weighted by molar-refractivity contribution is 0.601. The zero-order valence-electron chi connectivity index (χ0n) is 7.69. The Bertz CT molecular complexity index is 478. The second-order valence-corrected chi connectivity index (χ2v) is 5.03. The van der Waals surface area contributed by atoms with Crippen LogP contribution in [0.15, 0.2) is 29.2 Å². The maximum absolute atomic E-state index is 11.3. The first kappa shape index (κ1) is 11.2. The lowest BCUT2D eigenvalue weighted by atomic mass is 10.2. The molecule has 0 aliphatic rings. The first-order valence-electron chi connectivity index (χ1n) is 3.94. The minimum atomic E-state index is -3.19. The summed E-state index contributed by atoms with van der Waals surface area (Å²) < 4.78 is 22.7. The van der Waals surface area contributed by atoms with E-state index in [1.807, 2.05) is 0 Å². The van der Waals surface area contributed by atoms with Gasteiger partial charge in [-0.25, -0.2) is 8.42 Å². The van der Waals surface area contributed by atoms with Crippen LogP contribution >= 0.6 is 12.6 Å². The average Bonchev–Trinajstić information content (AvgIpc) is 2.14. The average molecular weight is 226 g/mol. The van der Waals surface area contributed by atoms with Crippen molar-refractivity contribution in [2.75, 3.05) is 12.0 Å². The van der Waals surface area contributed by atoms with Crippen LogP contribution in [-0.4, -0.2) is 20.4 Å². The van der Waals surface area contributed by atoms with Gasteiger partial charge in [0, 0.05) is 11.8 Å². The van der Waals surface area contributed by atoms with E-state index in [1.165, 1.54) is 6.26 Å². The SMILES string of the molecule is CS(=O)(=O)c1ccccc1C#CCS. The summed E-state index contributed by atoms with van der Waals surface area (Å²) >= 11 is 3.93. The number of sulfone groups is 1. The van der Waals surface area contributed by atoms with Gasteiger partial charge in [0.05, 0.1) is 10.6 Å². The van der Waals surface area contributed by atoms with E-state index in [1.54, 1.807) is 24.3 Å². The van der Waals surface area contributed by atoms with Crippen LogP contribution in [0.25, 0.3) is 0 Å². The van der Waals surface area contributed by atoms with Gasteiger partial charge in [-0.3, -0.25) is 0 Å². The van der Waals surface area contributed by atoms with Gasteiger partial charge in [0.25, 0.3) is 0 Å². The highest BCUT2D eigenvalue weighted by molar-refractivity contribution is 7.90. The summed E-state index contributed by atoms with van der Waals surface area (Å²) in [5, 5.41) is 0. The van der Waals surface area contributed by atoms with Gasteiger partial charge in [-0.05, 0) is 12.1 Å². The normalized spacial score (nSPS) is 10.4. The number of thiol groups is 1. The van der Waals surface area contributed by atoms with Gasteiger partial charge in [-0.2, -0.15) is 12.6 Å². The Labute approximate surface area is 89.7 Å². The molecule has 0 aromatic heterocycles. The summed E-state index contributed by atoms with van der Waals surface area (Å²) in [6.07, 6.45) is 1.17. The quantitative estimate of drug-likeness (QED) is 0.580. The predicted octanol–water partition coefficient (Wildman–Crippen LogP) is 1.37. The molecule has 2 nitrogen and oxygen atoms in total. The fourth-order valence-electron chi connectivity index (χ4n) is 1.03. The second kappa shape index (κ2) is 4.54. The van der Waals surface area contributed by atoms with Crippen molar-refractivity contribution in [3.05, 3.63) is 29.8 Å². The van der Waals surface area contributed by atoms with E-state index in [0.29, 0.717) is 11.3 Å². The van der Waals surface area contributed by atoms with E-state index >= 15 is 0 Å². The van der Waals surface area contributed by atoms with E-state index in [4.69, 9.17) is 0 Å². The number of hydrogen-bond acceptors (Lipinski definition) is 3. The molecular formula is C10H10O2S2. The minimum Gasteiger partial charge on any atom is -0.224 e. The van der Waals surface area contributed by atoms with E-state index in [2.05, 4.69) is 24.5 Å². The van der Waals surface area contributed by atoms with E-state index in [0.717, 1.165) is 0 Å². The van der Waals surface area contributed by atoms with Crippen molar-refractivity contribution in [2.24, 2.45) is 0 Å². The molecule has 0 N–H and O–H groups in total. The van der Waals surface area contributed by atoms with Crippen LogP contribution in [0.2, 0.25) is 0 Å². The second-order valence-electron chi connectivity index (χ2n) is 2.73. The van der Waals surface area contributed by atoms with Crippen LogP contribution in [0.4, 0.5) is 0 Å². The molecule has 0 saturated heterocycles. The van der Waals surface area contributed by atoms with Gasteiger partial charge in [0.1, 0.15) is 0 Å². The molecule has 4 heteroatoms. The Morgan fingerprint density at radius 1 is 1.36 bits per heavy atom. The molecule has 0 unspecified atom stereocenters. The number of hydrogen-bond donors (Lipinski definition) is 1. The molecule has 1 aromatic rings. The molecule has 0 aliphatic heterocycles. The number of benzene rings is 1. The largest absolute Gasteiger partial charge is 0.224 e. The molecule has 0 saturated carbocycles. The van der Waals surface area contributed by atoms with Crippen molar-refractivity contribution in [3.63, 3.8) is 0 Å². The molecule has 0 aliphatic carbocycles. The maximum Gasteiger partial charge on any atom is 0.176 e. The predicted molar refractivity (Wildman–Crippen MR) is 60.3 cm³/mol. The van der Waals surface area contributed by atoms with Gasteiger partial charge < -0.3 is 0 Å². The van der Waals surface area contributed by atoms with Gasteiger partial charge in [-0.15, -0.1) is 0 Å². The topological polar surface area (TPSA) is 34.1 Å². The monoisotopic (exact) mass is 226 g/mol. The smallest absolute Gasteiger partial charge is 0.176 e. The third-order valence-electron chi connectivity index (χ3n) is 1.59. The highest BCUT2D eigenvalue weighted by Crippen LogP contribution is 2.13. The molecule has 74 valence electrons. The van der Waals surface area contributed by atoms with Gasteiger partial charge in [-0.1, -0.05) is 24.0 Å². The fourth-order valence-corrected chi connectivity index (χ4v) is 1.95. The van der Waals surface area contributed by atoms with E-state index in [-0.39, 0.29) is 4.90 Å². The summed E-state index contributed by atoms with van der Waals surface area (Å²) in [5.41, 5.74) is 0.532. The molecule has 14 heavy (non-hydrogen) atoms. The zero-order chi connectivity index (χ0) is 10.6. The first-order valence-corrected chi connectivity index (χ1v) is 6.47. The van der Waals surface area contributed by atoms with Crippen molar-refractivity contribution in [3.8, 4) is 11.8 Å². The van der Waals surface area contributed by atoms with Crippen molar-refractivity contribution in [1.82, 2.24) is 0 Å². The zero-order valence-corrected chi connectivity index (χ0v) is 9.40. The molecule has 0 atom stereocenters. The molecule has 0 amide bonds. The Kier molecular flexibility index (Phi) is 3.62. The van der Waals surface area contributed by atoms with Crippen LogP contribution in [0, 0.1) is 11.8 Å². The maximum atomic E-state index is 11.3. The molecule has 0 radical (unpaired) electrons. The molecule has 0 bridgehead atoms. The third-order valence-corrected chi connectivity index (χ3v) is 2.90. The van der Waals surface area contributed by atoms with Gasteiger partial charge in [0.2, 0.25) is 0 Å². The molecule has 0 spiro atoms. The fraction of sp³-hybridized carbons (Fsp3) is 0.200. The molecule has 0 heterocycles. The third kappa shape index (κ3) is 2.79. The lowest BCUT2D eigenvalue weighted by Crippen LogP contribution is -1.99. The summed E-state index contributed by atoms with van der Waals surface area (Å²) in [6.45, 7) is 0. The summed E-state index contributed by atoms with van der Waals surface area (Å²) in [5.74, 6) is 5.91. The standard InChI is InChI=1S/C10H10O2S2/c1-14(11,12)10-7-3-2-5-9(10)6-4-8-13/h2-3,5,7,13H,8H2,1H3. The molecule has 0 fully saturated rings. The Morgan fingerprint density at radius 3 is 2.57 bits per heavy atom. The van der Waals surface area contributed by atoms with Crippen molar-refractivity contribution in [2.45, 2.75) is 4.90 Å². The summed E-state index contributed by atoms with van der Waals surface area (Å²) in [6, 6.07) is 6.68. The van der Waals surface area contributed by atoms with Gasteiger partial charge in [0.15, 0.2) is 9.84 Å². The highest BCUT2D eigenvalue weighted by atomic mass is 32.2. The Balaban J connectivity index is 3.31. The first-order chi connectivity index (χ1) is 6.55. The highest BCUT2D eigenvalue weighted by Gasteiger charge is 2.10. The van der Waals surface area contributed by atoms with Crippen LogP contribution in [-0.2, 0) is 9.84 Å². The lowest BCUT2D eigenvalue weighted by Gasteiger charge is -2.00.